The van der Waals surface area contributed by atoms with Crippen molar-refractivity contribution in [3.63, 3.8) is 0 Å². The van der Waals surface area contributed by atoms with Crippen LogP contribution in [0.25, 0.3) is 0 Å². The number of aldehydes is 1. The maximum atomic E-state index is 14.2. The molecule has 0 bridgehead atoms. The Hall–Kier alpha value is -3.78. The third-order valence-electron chi connectivity index (χ3n) is 9.96. The number of non-ortho nitro benzene ring substituents is 1. The standard InChI is InChI=1S/C37H48N2O5Si/c1-26(2)45(27(3)4,28(5)6)44-34-21-14-30(15-22-34)23-35-37(7,25-40)24-33(18-13-29-11-9-8-10-12-29)38(35)36(41)31-16-19-32(20-17-31)39(42)43/h8-12,14-17,19-22,25-28,33,35H,13,18,23-24H2,1-7H3. The Morgan fingerprint density at radius 1 is 0.933 bits per heavy atom. The van der Waals surface area contributed by atoms with E-state index in [-0.39, 0.29) is 23.7 Å². The molecule has 0 N–H and O–H groups in total. The number of hydrogen-bond acceptors (Lipinski definition) is 5. The number of carbonyl (C=O) groups is 2. The molecule has 1 saturated heterocycles. The lowest BCUT2D eigenvalue weighted by Gasteiger charge is -2.42. The van der Waals surface area contributed by atoms with Crippen molar-refractivity contribution in [1.82, 2.24) is 4.90 Å². The molecule has 0 saturated carbocycles. The number of likely N-dealkylation sites (tertiary alicyclic amines) is 1. The largest absolute Gasteiger partial charge is 0.543 e. The van der Waals surface area contributed by atoms with Crippen LogP contribution in [0.5, 0.6) is 5.75 Å². The first kappa shape index (κ1) is 34.1. The van der Waals surface area contributed by atoms with E-state index < -0.39 is 18.7 Å². The number of carbonyl (C=O) groups excluding carboxylic acids is 2. The molecule has 1 amide bonds. The van der Waals surface area contributed by atoms with Gasteiger partial charge in [0.1, 0.15) is 12.0 Å². The highest BCUT2D eigenvalue weighted by Crippen LogP contribution is 2.45. The summed E-state index contributed by atoms with van der Waals surface area (Å²) >= 11 is 0. The summed E-state index contributed by atoms with van der Waals surface area (Å²) in [5.74, 6) is 0.658. The minimum atomic E-state index is -2.11. The lowest BCUT2D eigenvalue weighted by atomic mass is 9.80. The normalized spacial score (nSPS) is 20.2. The van der Waals surface area contributed by atoms with E-state index in [9.17, 15) is 19.7 Å². The summed E-state index contributed by atoms with van der Waals surface area (Å²) in [5, 5.41) is 11.3. The topological polar surface area (TPSA) is 89.8 Å². The second kappa shape index (κ2) is 14.1. The molecule has 0 aliphatic carbocycles. The number of nitro benzene ring substituents is 1. The van der Waals surface area contributed by atoms with Crippen molar-refractivity contribution < 1.29 is 18.9 Å². The van der Waals surface area contributed by atoms with Gasteiger partial charge in [-0.1, -0.05) is 90.9 Å². The van der Waals surface area contributed by atoms with Crippen LogP contribution in [0.3, 0.4) is 0 Å². The van der Waals surface area contributed by atoms with E-state index >= 15 is 0 Å². The van der Waals surface area contributed by atoms with Crippen LogP contribution in [0.1, 0.15) is 82.8 Å². The van der Waals surface area contributed by atoms with Gasteiger partial charge in [0.15, 0.2) is 0 Å². The highest BCUT2D eigenvalue weighted by atomic mass is 28.4. The first-order valence-electron chi connectivity index (χ1n) is 16.2. The lowest BCUT2D eigenvalue weighted by molar-refractivity contribution is -0.384. The molecule has 1 aliphatic heterocycles. The Labute approximate surface area is 269 Å². The Balaban J connectivity index is 1.65. The summed E-state index contributed by atoms with van der Waals surface area (Å²) in [4.78, 5) is 39.6. The molecule has 0 aromatic heterocycles. The zero-order chi connectivity index (χ0) is 32.9. The van der Waals surface area contributed by atoms with Gasteiger partial charge in [0.2, 0.25) is 0 Å². The van der Waals surface area contributed by atoms with Crippen LogP contribution in [0.4, 0.5) is 5.69 Å². The molecule has 240 valence electrons. The molecule has 8 heteroatoms. The Bertz CT molecular complexity index is 1430. The summed E-state index contributed by atoms with van der Waals surface area (Å²) in [6.07, 6.45) is 3.57. The van der Waals surface area contributed by atoms with Gasteiger partial charge < -0.3 is 14.1 Å². The Morgan fingerprint density at radius 2 is 1.51 bits per heavy atom. The van der Waals surface area contributed by atoms with Gasteiger partial charge in [-0.05, 0) is 77.7 Å². The van der Waals surface area contributed by atoms with Crippen LogP contribution < -0.4 is 4.43 Å². The van der Waals surface area contributed by atoms with Crippen molar-refractivity contribution in [2.24, 2.45) is 5.41 Å². The zero-order valence-electron chi connectivity index (χ0n) is 27.7. The van der Waals surface area contributed by atoms with Gasteiger partial charge in [-0.25, -0.2) is 0 Å². The van der Waals surface area contributed by atoms with Crippen molar-refractivity contribution in [3.05, 3.63) is 106 Å². The van der Waals surface area contributed by atoms with Gasteiger partial charge in [0.25, 0.3) is 19.9 Å². The molecule has 45 heavy (non-hydrogen) atoms. The van der Waals surface area contributed by atoms with Gasteiger partial charge in [0.05, 0.1) is 4.92 Å². The van der Waals surface area contributed by atoms with Crippen LogP contribution >= 0.6 is 0 Å². The van der Waals surface area contributed by atoms with Crippen molar-refractivity contribution in [3.8, 4) is 5.75 Å². The van der Waals surface area contributed by atoms with E-state index in [1.165, 1.54) is 29.8 Å². The first-order valence-corrected chi connectivity index (χ1v) is 18.3. The molecule has 3 aromatic carbocycles. The molecule has 1 aliphatic rings. The number of hydrogen-bond donors (Lipinski definition) is 0. The van der Waals surface area contributed by atoms with Crippen molar-refractivity contribution >= 4 is 26.2 Å². The number of nitro groups is 1. The van der Waals surface area contributed by atoms with E-state index in [1.54, 1.807) is 0 Å². The zero-order valence-corrected chi connectivity index (χ0v) is 28.7. The fourth-order valence-electron chi connectivity index (χ4n) is 7.65. The molecule has 0 spiro atoms. The monoisotopic (exact) mass is 628 g/mol. The lowest BCUT2D eigenvalue weighted by Crippen LogP contribution is -2.50. The molecule has 3 unspecified atom stereocenters. The highest BCUT2D eigenvalue weighted by molar-refractivity contribution is 6.78. The predicted molar refractivity (Wildman–Crippen MR) is 182 cm³/mol. The number of nitrogens with zero attached hydrogens (tertiary/aromatic N) is 2. The quantitative estimate of drug-likeness (QED) is 0.0817. The maximum absolute atomic E-state index is 14.2. The van der Waals surface area contributed by atoms with Gasteiger partial charge in [-0.2, -0.15) is 0 Å². The summed E-state index contributed by atoms with van der Waals surface area (Å²) in [7, 11) is -2.11. The van der Waals surface area contributed by atoms with Crippen molar-refractivity contribution in [1.29, 1.82) is 0 Å². The second-order valence-electron chi connectivity index (χ2n) is 13.8. The van der Waals surface area contributed by atoms with E-state index in [1.807, 2.05) is 42.2 Å². The van der Waals surface area contributed by atoms with Crippen LogP contribution in [0.15, 0.2) is 78.9 Å². The average Bonchev–Trinajstić information content (AvgIpc) is 3.30. The van der Waals surface area contributed by atoms with Crippen molar-refractivity contribution in [2.45, 2.75) is 103 Å². The molecule has 1 heterocycles. The van der Waals surface area contributed by atoms with E-state index in [0.29, 0.717) is 41.4 Å². The molecule has 7 nitrogen and oxygen atoms in total. The minimum absolute atomic E-state index is 0.0651. The van der Waals surface area contributed by atoms with E-state index in [4.69, 9.17) is 4.43 Å². The highest BCUT2D eigenvalue weighted by Gasteiger charge is 2.51. The Kier molecular flexibility index (Phi) is 10.7. The number of benzene rings is 3. The summed E-state index contributed by atoms with van der Waals surface area (Å²) < 4.78 is 6.88. The smallest absolute Gasteiger partial charge is 0.269 e. The molecule has 0 radical (unpaired) electrons. The number of rotatable bonds is 13. The molecular formula is C37H48N2O5Si. The SMILES string of the molecule is CC(C)[Si](Oc1ccc(CC2N(C(=O)c3ccc([N+](=O)[O-])cc3)C(CCc3ccccc3)CC2(C)C=O)cc1)(C(C)C)C(C)C. The summed E-state index contributed by atoms with van der Waals surface area (Å²) in [5.41, 5.74) is 3.13. The van der Waals surface area contributed by atoms with E-state index in [2.05, 4.69) is 65.8 Å². The number of aryl methyl sites for hydroxylation is 1. The fraction of sp³-hybridized carbons (Fsp3) is 0.459. The third-order valence-corrected chi connectivity index (χ3v) is 16.0. The van der Waals surface area contributed by atoms with Gasteiger partial charge in [0, 0.05) is 35.2 Å². The minimum Gasteiger partial charge on any atom is -0.543 e. The van der Waals surface area contributed by atoms with E-state index in [0.717, 1.165) is 24.0 Å². The summed E-state index contributed by atoms with van der Waals surface area (Å²) in [6.45, 7) is 15.6. The Morgan fingerprint density at radius 3 is 2.02 bits per heavy atom. The molecule has 4 rings (SSSR count). The summed E-state index contributed by atoms with van der Waals surface area (Å²) in [6, 6.07) is 23.6. The van der Waals surface area contributed by atoms with Crippen molar-refractivity contribution in [2.75, 3.05) is 0 Å². The van der Waals surface area contributed by atoms with Crippen LogP contribution in [0.2, 0.25) is 16.6 Å². The molecular weight excluding hydrogens is 581 g/mol. The first-order chi connectivity index (χ1) is 21.3. The predicted octanol–water partition coefficient (Wildman–Crippen LogP) is 8.81. The molecule has 3 aromatic rings. The number of amides is 1. The van der Waals surface area contributed by atoms with Crippen LogP contribution in [-0.4, -0.2) is 42.4 Å². The van der Waals surface area contributed by atoms with Gasteiger partial charge in [-0.15, -0.1) is 0 Å². The molecule has 3 atom stereocenters. The fourth-order valence-corrected chi connectivity index (χ4v) is 12.9. The maximum Gasteiger partial charge on any atom is 0.269 e. The molecule has 1 fully saturated rings. The second-order valence-corrected chi connectivity index (χ2v) is 19.2. The van der Waals surface area contributed by atoms with Crippen LogP contribution in [-0.2, 0) is 17.6 Å². The average molecular weight is 629 g/mol. The van der Waals surface area contributed by atoms with Gasteiger partial charge in [-0.3, -0.25) is 14.9 Å². The third kappa shape index (κ3) is 7.22. The van der Waals surface area contributed by atoms with Crippen LogP contribution in [0, 0.1) is 15.5 Å². The van der Waals surface area contributed by atoms with Gasteiger partial charge >= 0.3 is 0 Å².